The monoisotopic (exact) mass is 458 g/mol. The van der Waals surface area contributed by atoms with Crippen LogP contribution in [0.4, 0.5) is 0 Å². The van der Waals surface area contributed by atoms with Crippen LogP contribution >= 0.6 is 24.0 Å². The molecule has 2 aromatic rings. The zero-order valence-corrected chi connectivity index (χ0v) is 18.1. The SMILES string of the molecule is CC.COC(=O)c1ccc(Oc2cc3c(cc2C)CCC3(C)C)o1.I. The highest BCUT2D eigenvalue weighted by Gasteiger charge is 2.30. The molecule has 0 spiro atoms. The molecule has 1 aromatic heterocycles. The van der Waals surface area contributed by atoms with Crippen molar-refractivity contribution in [1.29, 1.82) is 0 Å². The van der Waals surface area contributed by atoms with Crippen LogP contribution in [-0.2, 0) is 16.6 Å². The first-order valence-electron chi connectivity index (χ1n) is 8.41. The maximum Gasteiger partial charge on any atom is 0.374 e. The lowest BCUT2D eigenvalue weighted by Gasteiger charge is -2.20. The predicted molar refractivity (Wildman–Crippen MR) is 109 cm³/mol. The van der Waals surface area contributed by atoms with Gasteiger partial charge in [-0.25, -0.2) is 4.79 Å². The van der Waals surface area contributed by atoms with Gasteiger partial charge in [0.25, 0.3) is 5.95 Å². The Morgan fingerprint density at radius 1 is 1.20 bits per heavy atom. The Kier molecular flexibility index (Phi) is 7.53. The largest absolute Gasteiger partial charge is 0.463 e. The third-order valence-corrected chi connectivity index (χ3v) is 4.33. The summed E-state index contributed by atoms with van der Waals surface area (Å²) in [5.74, 6) is 0.678. The van der Waals surface area contributed by atoms with E-state index in [1.165, 1.54) is 18.2 Å². The first kappa shape index (κ1) is 21.5. The van der Waals surface area contributed by atoms with E-state index in [-0.39, 0.29) is 35.2 Å². The summed E-state index contributed by atoms with van der Waals surface area (Å²) >= 11 is 0. The van der Waals surface area contributed by atoms with Crippen LogP contribution in [0.3, 0.4) is 0 Å². The van der Waals surface area contributed by atoms with E-state index in [0.717, 1.165) is 24.2 Å². The van der Waals surface area contributed by atoms with Gasteiger partial charge in [-0.05, 0) is 54.0 Å². The highest BCUT2D eigenvalue weighted by molar-refractivity contribution is 14.0. The summed E-state index contributed by atoms with van der Waals surface area (Å²) in [4.78, 5) is 11.4. The summed E-state index contributed by atoms with van der Waals surface area (Å²) < 4.78 is 15.8. The van der Waals surface area contributed by atoms with E-state index in [4.69, 9.17) is 9.15 Å². The molecule has 0 radical (unpaired) electrons. The minimum atomic E-state index is -0.512. The quantitative estimate of drug-likeness (QED) is 0.416. The number of hydrogen-bond donors (Lipinski definition) is 0. The average molecular weight is 458 g/mol. The second-order valence-electron chi connectivity index (χ2n) is 6.37. The van der Waals surface area contributed by atoms with Gasteiger partial charge in [0.2, 0.25) is 5.76 Å². The van der Waals surface area contributed by atoms with Gasteiger partial charge < -0.3 is 13.9 Å². The fraction of sp³-hybridized carbons (Fsp3) is 0.450. The molecule has 4 nitrogen and oxygen atoms in total. The van der Waals surface area contributed by atoms with Gasteiger partial charge in [-0.1, -0.05) is 33.8 Å². The number of ether oxygens (including phenoxy) is 2. The number of fused-ring (bicyclic) bond motifs is 1. The molecule has 1 aliphatic carbocycles. The summed E-state index contributed by atoms with van der Waals surface area (Å²) in [5.41, 5.74) is 3.95. The Morgan fingerprint density at radius 3 is 2.52 bits per heavy atom. The molecule has 0 saturated heterocycles. The fourth-order valence-electron chi connectivity index (χ4n) is 2.97. The number of esters is 1. The van der Waals surface area contributed by atoms with Crippen molar-refractivity contribution in [3.63, 3.8) is 0 Å². The van der Waals surface area contributed by atoms with Crippen LogP contribution in [-0.4, -0.2) is 13.1 Å². The van der Waals surface area contributed by atoms with E-state index in [1.807, 2.05) is 20.8 Å². The van der Waals surface area contributed by atoms with Gasteiger partial charge in [-0.15, -0.1) is 24.0 Å². The van der Waals surface area contributed by atoms with Crippen LogP contribution in [0.1, 0.15) is 61.4 Å². The van der Waals surface area contributed by atoms with Gasteiger partial charge in [0, 0.05) is 6.07 Å². The topological polar surface area (TPSA) is 48.7 Å². The van der Waals surface area contributed by atoms with Crippen molar-refractivity contribution in [2.24, 2.45) is 0 Å². The molecule has 1 heterocycles. The van der Waals surface area contributed by atoms with Crippen molar-refractivity contribution >= 4 is 29.9 Å². The van der Waals surface area contributed by atoms with Crippen molar-refractivity contribution < 1.29 is 18.7 Å². The molecule has 1 aromatic carbocycles. The molecule has 0 amide bonds. The highest BCUT2D eigenvalue weighted by Crippen LogP contribution is 2.42. The van der Waals surface area contributed by atoms with Crippen molar-refractivity contribution in [1.82, 2.24) is 0 Å². The molecule has 25 heavy (non-hydrogen) atoms. The maximum atomic E-state index is 11.4. The van der Waals surface area contributed by atoms with Gasteiger partial charge in [0.1, 0.15) is 5.75 Å². The highest BCUT2D eigenvalue weighted by atomic mass is 127. The lowest BCUT2D eigenvalue weighted by Crippen LogP contribution is -2.11. The van der Waals surface area contributed by atoms with Crippen molar-refractivity contribution in [3.8, 4) is 11.7 Å². The Labute approximate surface area is 166 Å². The van der Waals surface area contributed by atoms with Gasteiger partial charge in [0.15, 0.2) is 0 Å². The first-order valence-corrected chi connectivity index (χ1v) is 8.41. The standard InChI is InChI=1S/C18H20O4.C2H6.HI/c1-11-9-12-7-8-18(2,3)13(12)10-15(11)22-16-6-5-14(21-16)17(19)20-4;1-2;/h5-6,9-10H,7-8H2,1-4H3;1-2H3;1H. The molecular weight excluding hydrogens is 431 g/mol. The number of aryl methyl sites for hydroxylation is 2. The fourth-order valence-corrected chi connectivity index (χ4v) is 2.97. The minimum absolute atomic E-state index is 0. The molecule has 0 N–H and O–H groups in total. The molecule has 0 saturated carbocycles. The molecule has 5 heteroatoms. The zero-order chi connectivity index (χ0) is 17.9. The number of carbonyl (C=O) groups excluding carboxylic acids is 1. The van der Waals surface area contributed by atoms with E-state index in [0.29, 0.717) is 5.95 Å². The van der Waals surface area contributed by atoms with Crippen LogP contribution in [0, 0.1) is 6.92 Å². The summed E-state index contributed by atoms with van der Waals surface area (Å²) in [6.07, 6.45) is 2.26. The molecule has 0 atom stereocenters. The smallest absolute Gasteiger partial charge is 0.374 e. The Balaban J connectivity index is 0.00000101. The van der Waals surface area contributed by atoms with Crippen molar-refractivity contribution in [2.75, 3.05) is 7.11 Å². The van der Waals surface area contributed by atoms with Gasteiger partial charge >= 0.3 is 5.97 Å². The third kappa shape index (κ3) is 4.57. The summed E-state index contributed by atoms with van der Waals surface area (Å²) in [6.45, 7) is 10.5. The molecule has 3 rings (SSSR count). The summed E-state index contributed by atoms with van der Waals surface area (Å²) in [5, 5.41) is 0. The third-order valence-electron chi connectivity index (χ3n) is 4.33. The number of hydrogen-bond acceptors (Lipinski definition) is 4. The molecule has 138 valence electrons. The van der Waals surface area contributed by atoms with E-state index in [2.05, 4.69) is 30.7 Å². The van der Waals surface area contributed by atoms with E-state index >= 15 is 0 Å². The lowest BCUT2D eigenvalue weighted by atomic mass is 9.86. The molecule has 1 aliphatic rings. The zero-order valence-electron chi connectivity index (χ0n) is 15.8. The van der Waals surface area contributed by atoms with Crippen LogP contribution in [0.5, 0.6) is 11.7 Å². The number of halogens is 1. The molecule has 0 aliphatic heterocycles. The lowest BCUT2D eigenvalue weighted by molar-refractivity contribution is 0.0560. The average Bonchev–Trinajstić information content (AvgIpc) is 3.15. The Hall–Kier alpha value is -1.50. The van der Waals surface area contributed by atoms with E-state index in [1.54, 1.807) is 12.1 Å². The number of carbonyl (C=O) groups is 1. The van der Waals surface area contributed by atoms with Crippen LogP contribution in [0.2, 0.25) is 0 Å². The maximum absolute atomic E-state index is 11.4. The van der Waals surface area contributed by atoms with Gasteiger partial charge in [-0.2, -0.15) is 0 Å². The first-order chi connectivity index (χ1) is 11.4. The number of benzene rings is 1. The predicted octanol–water partition coefficient (Wildman–Crippen LogP) is 6.03. The number of methoxy groups -OCH3 is 1. The summed E-state index contributed by atoms with van der Waals surface area (Å²) in [6, 6.07) is 7.46. The molecular formula is C20H27IO4. The minimum Gasteiger partial charge on any atom is -0.463 e. The van der Waals surface area contributed by atoms with Crippen molar-refractivity contribution in [3.05, 3.63) is 46.7 Å². The number of rotatable bonds is 3. The normalized spacial score (nSPS) is 13.8. The van der Waals surface area contributed by atoms with E-state index < -0.39 is 5.97 Å². The summed E-state index contributed by atoms with van der Waals surface area (Å²) in [7, 11) is 1.32. The second kappa shape index (κ2) is 8.74. The van der Waals surface area contributed by atoms with Crippen LogP contribution < -0.4 is 4.74 Å². The molecule has 0 bridgehead atoms. The second-order valence-corrected chi connectivity index (χ2v) is 6.37. The van der Waals surface area contributed by atoms with Crippen molar-refractivity contribution in [2.45, 2.75) is 52.9 Å². The Morgan fingerprint density at radius 2 is 1.88 bits per heavy atom. The number of furan rings is 1. The molecule has 0 fully saturated rings. The van der Waals surface area contributed by atoms with Crippen LogP contribution in [0.25, 0.3) is 0 Å². The van der Waals surface area contributed by atoms with Crippen LogP contribution in [0.15, 0.2) is 28.7 Å². The Bertz CT molecular complexity index is 731. The molecule has 0 unspecified atom stereocenters. The van der Waals surface area contributed by atoms with E-state index in [9.17, 15) is 4.79 Å². The van der Waals surface area contributed by atoms with Gasteiger partial charge in [-0.3, -0.25) is 0 Å². The van der Waals surface area contributed by atoms with Gasteiger partial charge in [0.05, 0.1) is 7.11 Å².